The van der Waals surface area contributed by atoms with Gasteiger partial charge >= 0.3 is 0 Å². The van der Waals surface area contributed by atoms with Crippen molar-refractivity contribution in [2.75, 3.05) is 5.32 Å². The lowest BCUT2D eigenvalue weighted by molar-refractivity contribution is 0.102. The minimum atomic E-state index is -0.296. The van der Waals surface area contributed by atoms with E-state index in [-0.39, 0.29) is 15.8 Å². The van der Waals surface area contributed by atoms with Crippen LogP contribution in [0.4, 0.5) is 5.13 Å². The van der Waals surface area contributed by atoms with Crippen molar-refractivity contribution in [2.24, 2.45) is 7.05 Å². The molecule has 0 spiro atoms. The first-order valence-corrected chi connectivity index (χ1v) is 6.66. The zero-order valence-electron chi connectivity index (χ0n) is 10.5. The number of benzene rings is 1. The zero-order valence-corrected chi connectivity index (χ0v) is 11.3. The summed E-state index contributed by atoms with van der Waals surface area (Å²) in [7, 11) is 1.70. The van der Waals surface area contributed by atoms with E-state index in [1.807, 2.05) is 6.07 Å². The van der Waals surface area contributed by atoms with Gasteiger partial charge in [-0.25, -0.2) is 4.98 Å². The van der Waals surface area contributed by atoms with Crippen LogP contribution in [0.5, 0.6) is 0 Å². The molecule has 2 aromatic heterocycles. The number of carbonyl (C=O) groups excluding carboxylic acids is 1. The molecule has 0 bridgehead atoms. The van der Waals surface area contributed by atoms with Crippen molar-refractivity contribution in [3.63, 3.8) is 0 Å². The van der Waals surface area contributed by atoms with Gasteiger partial charge in [0.25, 0.3) is 5.91 Å². The maximum atomic E-state index is 12.0. The summed E-state index contributed by atoms with van der Waals surface area (Å²) in [5.74, 6) is -0.296. The van der Waals surface area contributed by atoms with E-state index < -0.39 is 0 Å². The highest BCUT2D eigenvalue weighted by molar-refractivity contribution is 7.13. The first-order chi connectivity index (χ1) is 9.65. The van der Waals surface area contributed by atoms with Gasteiger partial charge in [-0.05, 0) is 12.1 Å². The van der Waals surface area contributed by atoms with Gasteiger partial charge in [-0.2, -0.15) is 5.10 Å². The van der Waals surface area contributed by atoms with Crippen molar-refractivity contribution in [1.29, 1.82) is 0 Å². The van der Waals surface area contributed by atoms with Crippen molar-refractivity contribution in [2.45, 2.75) is 0 Å². The second-order valence-electron chi connectivity index (χ2n) is 4.13. The number of anilines is 1. The fraction of sp³-hybridized carbons (Fsp3) is 0.0769. The van der Waals surface area contributed by atoms with Crippen LogP contribution in [-0.4, -0.2) is 20.7 Å². The molecule has 0 fully saturated rings. The largest absolute Gasteiger partial charge is 0.298 e. The van der Waals surface area contributed by atoms with Gasteiger partial charge in [0.1, 0.15) is 0 Å². The molecule has 0 aliphatic carbocycles. The Hall–Kier alpha value is -2.54. The van der Waals surface area contributed by atoms with Crippen LogP contribution in [0.25, 0.3) is 11.0 Å². The van der Waals surface area contributed by atoms with E-state index in [4.69, 9.17) is 0 Å². The number of nitrogens with one attached hydrogen (secondary N) is 1. The van der Waals surface area contributed by atoms with Gasteiger partial charge in [0.2, 0.25) is 4.74 Å². The van der Waals surface area contributed by atoms with E-state index in [9.17, 15) is 9.59 Å². The Balaban J connectivity index is 1.97. The molecule has 100 valence electrons. The van der Waals surface area contributed by atoms with E-state index in [0.29, 0.717) is 16.6 Å². The number of rotatable bonds is 2. The van der Waals surface area contributed by atoms with Crippen molar-refractivity contribution in [3.05, 3.63) is 51.6 Å². The van der Waals surface area contributed by atoms with Gasteiger partial charge in [-0.3, -0.25) is 19.6 Å². The lowest BCUT2D eigenvalue weighted by Gasteiger charge is -2.03. The second kappa shape index (κ2) is 4.86. The average Bonchev–Trinajstić information content (AvgIpc) is 2.82. The summed E-state index contributed by atoms with van der Waals surface area (Å²) in [4.78, 5) is 28.2. The van der Waals surface area contributed by atoms with Crippen LogP contribution < -0.4 is 10.1 Å². The normalized spacial score (nSPS) is 10.7. The minimum Gasteiger partial charge on any atom is -0.298 e. The molecular weight excluding hydrogens is 276 g/mol. The summed E-state index contributed by atoms with van der Waals surface area (Å²) >= 11 is 0.891. The van der Waals surface area contributed by atoms with Crippen LogP contribution in [0.2, 0.25) is 0 Å². The second-order valence-corrected chi connectivity index (χ2v) is 5.09. The molecule has 0 radical (unpaired) electrons. The third kappa shape index (κ3) is 2.19. The molecule has 6 nitrogen and oxygen atoms in total. The lowest BCUT2D eigenvalue weighted by Crippen LogP contribution is -2.13. The summed E-state index contributed by atoms with van der Waals surface area (Å²) in [6.07, 6.45) is 1.48. The van der Waals surface area contributed by atoms with Crippen molar-refractivity contribution in [1.82, 2.24) is 14.8 Å². The lowest BCUT2D eigenvalue weighted by atomic mass is 10.2. The van der Waals surface area contributed by atoms with Gasteiger partial charge in [-0.1, -0.05) is 29.5 Å². The van der Waals surface area contributed by atoms with Gasteiger partial charge in [-0.15, -0.1) is 0 Å². The number of hydrogen-bond donors (Lipinski definition) is 1. The smallest absolute Gasteiger partial charge is 0.257 e. The van der Waals surface area contributed by atoms with Crippen molar-refractivity contribution >= 4 is 33.4 Å². The van der Waals surface area contributed by atoms with Crippen LogP contribution >= 0.6 is 11.3 Å². The SMILES string of the molecule is Cn1ncc2c(=O)sc(NC(=O)c3ccccc3)nc21. The molecular formula is C13H10N4O2S. The zero-order chi connectivity index (χ0) is 14.1. The highest BCUT2D eigenvalue weighted by Gasteiger charge is 2.11. The van der Waals surface area contributed by atoms with Crippen molar-refractivity contribution < 1.29 is 4.79 Å². The topological polar surface area (TPSA) is 76.9 Å². The Bertz CT molecular complexity index is 838. The van der Waals surface area contributed by atoms with Crippen LogP contribution in [0.3, 0.4) is 0 Å². The summed E-state index contributed by atoms with van der Waals surface area (Å²) in [5.41, 5.74) is 0.969. The third-order valence-electron chi connectivity index (χ3n) is 2.78. The summed E-state index contributed by atoms with van der Waals surface area (Å²) < 4.78 is 1.33. The fourth-order valence-electron chi connectivity index (χ4n) is 1.78. The van der Waals surface area contributed by atoms with Crippen LogP contribution in [0, 0.1) is 0 Å². The highest BCUT2D eigenvalue weighted by Crippen LogP contribution is 2.15. The van der Waals surface area contributed by atoms with Crippen LogP contribution in [0.15, 0.2) is 41.3 Å². The molecule has 2 heterocycles. The summed E-state index contributed by atoms with van der Waals surface area (Å²) in [6.45, 7) is 0. The summed E-state index contributed by atoms with van der Waals surface area (Å²) in [6, 6.07) is 8.76. The predicted molar refractivity (Wildman–Crippen MR) is 77.1 cm³/mol. The molecule has 3 aromatic rings. The molecule has 0 unspecified atom stereocenters. The van der Waals surface area contributed by atoms with E-state index in [1.165, 1.54) is 10.9 Å². The number of nitrogens with zero attached hydrogens (tertiary/aromatic N) is 3. The molecule has 3 rings (SSSR count). The first kappa shape index (κ1) is 12.5. The van der Waals surface area contributed by atoms with Gasteiger partial charge in [0.15, 0.2) is 10.8 Å². The summed E-state index contributed by atoms with van der Waals surface area (Å²) in [5, 5.41) is 7.34. The average molecular weight is 286 g/mol. The maximum Gasteiger partial charge on any atom is 0.257 e. The monoisotopic (exact) mass is 286 g/mol. The number of hydrogen-bond acceptors (Lipinski definition) is 5. The molecule has 0 saturated carbocycles. The maximum absolute atomic E-state index is 12.0. The third-order valence-corrected chi connectivity index (χ3v) is 3.57. The Kier molecular flexibility index (Phi) is 3.03. The Labute approximate surface area is 117 Å². The van der Waals surface area contributed by atoms with Gasteiger partial charge < -0.3 is 0 Å². The Morgan fingerprint density at radius 3 is 2.80 bits per heavy atom. The van der Waals surface area contributed by atoms with Gasteiger partial charge in [0.05, 0.1) is 11.6 Å². The number of carbonyl (C=O) groups is 1. The molecule has 0 atom stereocenters. The van der Waals surface area contributed by atoms with E-state index in [0.717, 1.165) is 11.3 Å². The Morgan fingerprint density at radius 2 is 2.05 bits per heavy atom. The molecule has 1 N–H and O–H groups in total. The molecule has 7 heteroatoms. The molecule has 0 aliphatic rings. The van der Waals surface area contributed by atoms with Gasteiger partial charge in [0, 0.05) is 12.6 Å². The number of aryl methyl sites for hydroxylation is 1. The molecule has 0 aliphatic heterocycles. The molecule has 0 saturated heterocycles. The first-order valence-electron chi connectivity index (χ1n) is 5.84. The predicted octanol–water partition coefficient (Wildman–Crippen LogP) is 1.64. The Morgan fingerprint density at radius 1 is 1.30 bits per heavy atom. The van der Waals surface area contributed by atoms with E-state index >= 15 is 0 Å². The van der Waals surface area contributed by atoms with E-state index in [1.54, 1.807) is 31.3 Å². The quantitative estimate of drug-likeness (QED) is 0.777. The number of fused-ring (bicyclic) bond motifs is 1. The van der Waals surface area contributed by atoms with Crippen molar-refractivity contribution in [3.8, 4) is 0 Å². The molecule has 1 aromatic carbocycles. The molecule has 1 amide bonds. The number of aromatic nitrogens is 3. The number of amides is 1. The molecule has 20 heavy (non-hydrogen) atoms. The minimum absolute atomic E-state index is 0.175. The van der Waals surface area contributed by atoms with E-state index in [2.05, 4.69) is 15.4 Å². The van der Waals surface area contributed by atoms with Crippen LogP contribution in [0.1, 0.15) is 10.4 Å². The highest BCUT2D eigenvalue weighted by atomic mass is 32.1. The standard InChI is InChI=1S/C13H10N4O2S/c1-17-10-9(7-14-17)12(19)20-13(15-10)16-11(18)8-5-3-2-4-6-8/h2-7H,1H3,(H,15,16,18). The fourth-order valence-corrected chi connectivity index (χ4v) is 2.49. The van der Waals surface area contributed by atoms with Crippen LogP contribution in [-0.2, 0) is 7.05 Å².